The lowest BCUT2D eigenvalue weighted by molar-refractivity contribution is 0.402. The molecule has 0 aliphatic heterocycles. The molecule has 0 aliphatic carbocycles. The molecule has 0 saturated heterocycles. The molecule has 0 radical (unpaired) electrons. The molecule has 1 aromatic heterocycles. The topological polar surface area (TPSA) is 69.3 Å². The summed E-state index contributed by atoms with van der Waals surface area (Å²) >= 11 is 0. The van der Waals surface area contributed by atoms with Gasteiger partial charge in [-0.2, -0.15) is 5.26 Å². The average molecular weight is 283 g/mol. The van der Waals surface area contributed by atoms with Gasteiger partial charge in [0.25, 0.3) is 5.56 Å². The Morgan fingerprint density at radius 2 is 1.90 bits per heavy atom. The second kappa shape index (κ2) is 5.81. The van der Waals surface area contributed by atoms with Crippen LogP contribution >= 0.6 is 0 Å². The van der Waals surface area contributed by atoms with Gasteiger partial charge in [0.05, 0.1) is 5.69 Å². The zero-order valence-electron chi connectivity index (χ0n) is 12.3. The number of aromatic nitrogens is 1. The molecular weight excluding hydrogens is 266 g/mol. The monoisotopic (exact) mass is 283 g/mol. The standard InChI is InChI=1S/C16H17N3O2/c1-11-8-15(20)19(16(21)14(11)9-17)13-6-4-12(5-7-13)10-18(2)3/h4-8,20H,10H2,1-3H3. The third kappa shape index (κ3) is 2.96. The molecular formula is C16H17N3O2. The van der Waals surface area contributed by atoms with E-state index in [1.807, 2.05) is 37.2 Å². The second-order valence-electron chi connectivity index (χ2n) is 5.22. The van der Waals surface area contributed by atoms with Crippen molar-refractivity contribution in [2.75, 3.05) is 14.1 Å². The van der Waals surface area contributed by atoms with Gasteiger partial charge in [0, 0.05) is 12.6 Å². The summed E-state index contributed by atoms with van der Waals surface area (Å²) in [5.74, 6) is -0.170. The number of hydrogen-bond acceptors (Lipinski definition) is 4. The van der Waals surface area contributed by atoms with Crippen LogP contribution in [0.15, 0.2) is 35.1 Å². The Morgan fingerprint density at radius 3 is 2.43 bits per heavy atom. The zero-order chi connectivity index (χ0) is 15.6. The van der Waals surface area contributed by atoms with Gasteiger partial charge >= 0.3 is 0 Å². The summed E-state index contributed by atoms with van der Waals surface area (Å²) in [6, 6.07) is 10.6. The highest BCUT2D eigenvalue weighted by molar-refractivity contribution is 5.44. The van der Waals surface area contributed by atoms with Gasteiger partial charge in [-0.05, 0) is 44.3 Å². The molecule has 0 aliphatic rings. The zero-order valence-corrected chi connectivity index (χ0v) is 12.3. The van der Waals surface area contributed by atoms with Gasteiger partial charge in [-0.25, -0.2) is 4.57 Å². The van der Waals surface area contributed by atoms with E-state index in [1.54, 1.807) is 19.1 Å². The summed E-state index contributed by atoms with van der Waals surface area (Å²) in [6.07, 6.45) is 0. The molecule has 0 unspecified atom stereocenters. The Bertz CT molecular complexity index is 753. The molecule has 1 heterocycles. The molecule has 0 saturated carbocycles. The summed E-state index contributed by atoms with van der Waals surface area (Å²) in [5.41, 5.74) is 1.65. The Balaban J connectivity index is 2.53. The largest absolute Gasteiger partial charge is 0.494 e. The van der Waals surface area contributed by atoms with Crippen LogP contribution in [0.1, 0.15) is 16.7 Å². The number of aryl methyl sites for hydroxylation is 1. The molecule has 108 valence electrons. The maximum absolute atomic E-state index is 12.3. The molecule has 2 aromatic rings. The van der Waals surface area contributed by atoms with Crippen molar-refractivity contribution >= 4 is 0 Å². The fraction of sp³-hybridized carbons (Fsp3) is 0.250. The fourth-order valence-electron chi connectivity index (χ4n) is 2.22. The van der Waals surface area contributed by atoms with Crippen molar-refractivity contribution in [1.29, 1.82) is 5.26 Å². The predicted octanol–water partition coefficient (Wildman–Crippen LogP) is 1.78. The van der Waals surface area contributed by atoms with Gasteiger partial charge in [-0.3, -0.25) is 4.79 Å². The Labute approximate surface area is 123 Å². The van der Waals surface area contributed by atoms with E-state index in [9.17, 15) is 9.90 Å². The normalized spacial score (nSPS) is 10.6. The van der Waals surface area contributed by atoms with E-state index in [4.69, 9.17) is 5.26 Å². The first-order valence-corrected chi connectivity index (χ1v) is 6.54. The lowest BCUT2D eigenvalue weighted by atomic mass is 10.1. The third-order valence-electron chi connectivity index (χ3n) is 3.19. The average Bonchev–Trinajstić information content (AvgIpc) is 2.40. The molecule has 21 heavy (non-hydrogen) atoms. The van der Waals surface area contributed by atoms with E-state index >= 15 is 0 Å². The molecule has 0 fully saturated rings. The van der Waals surface area contributed by atoms with Crippen molar-refractivity contribution in [3.05, 3.63) is 57.4 Å². The van der Waals surface area contributed by atoms with Crippen LogP contribution in [0.5, 0.6) is 5.88 Å². The van der Waals surface area contributed by atoms with E-state index in [2.05, 4.69) is 0 Å². The van der Waals surface area contributed by atoms with Crippen LogP contribution < -0.4 is 5.56 Å². The second-order valence-corrected chi connectivity index (χ2v) is 5.22. The first kappa shape index (κ1) is 14.8. The van der Waals surface area contributed by atoms with Crippen LogP contribution in [0.2, 0.25) is 0 Å². The number of hydrogen-bond donors (Lipinski definition) is 1. The van der Waals surface area contributed by atoms with Crippen LogP contribution in [0.3, 0.4) is 0 Å². The molecule has 2 rings (SSSR count). The minimum Gasteiger partial charge on any atom is -0.494 e. The fourth-order valence-corrected chi connectivity index (χ4v) is 2.22. The molecule has 1 aromatic carbocycles. The lowest BCUT2D eigenvalue weighted by Crippen LogP contribution is -2.22. The maximum Gasteiger partial charge on any atom is 0.276 e. The number of nitrogens with zero attached hydrogens (tertiary/aromatic N) is 3. The smallest absolute Gasteiger partial charge is 0.276 e. The maximum atomic E-state index is 12.3. The van der Waals surface area contributed by atoms with E-state index in [0.29, 0.717) is 11.3 Å². The van der Waals surface area contributed by atoms with Crippen molar-refractivity contribution in [2.45, 2.75) is 13.5 Å². The SMILES string of the molecule is Cc1cc(O)n(-c2ccc(CN(C)C)cc2)c(=O)c1C#N. The number of benzene rings is 1. The van der Waals surface area contributed by atoms with E-state index < -0.39 is 5.56 Å². The minimum absolute atomic E-state index is 0.0465. The first-order chi connectivity index (χ1) is 9.93. The van der Waals surface area contributed by atoms with Crippen molar-refractivity contribution in [3.63, 3.8) is 0 Å². The molecule has 5 nitrogen and oxygen atoms in total. The van der Waals surface area contributed by atoms with Gasteiger partial charge in [-0.15, -0.1) is 0 Å². The van der Waals surface area contributed by atoms with Gasteiger partial charge in [0.15, 0.2) is 5.88 Å². The van der Waals surface area contributed by atoms with Crippen LogP contribution in [0.25, 0.3) is 5.69 Å². The summed E-state index contributed by atoms with van der Waals surface area (Å²) in [6.45, 7) is 2.42. The van der Waals surface area contributed by atoms with E-state index in [0.717, 1.165) is 16.7 Å². The summed E-state index contributed by atoms with van der Waals surface area (Å²) in [7, 11) is 3.95. The molecule has 0 bridgehead atoms. The van der Waals surface area contributed by atoms with E-state index in [1.165, 1.54) is 6.07 Å². The number of rotatable bonds is 3. The number of nitriles is 1. The van der Waals surface area contributed by atoms with Crippen LogP contribution in [-0.4, -0.2) is 28.7 Å². The summed E-state index contributed by atoms with van der Waals surface area (Å²) < 4.78 is 1.14. The van der Waals surface area contributed by atoms with Crippen LogP contribution in [0.4, 0.5) is 0 Å². The van der Waals surface area contributed by atoms with Crippen molar-refractivity contribution < 1.29 is 5.11 Å². The van der Waals surface area contributed by atoms with Crippen molar-refractivity contribution in [2.24, 2.45) is 0 Å². The summed E-state index contributed by atoms with van der Waals surface area (Å²) in [5, 5.41) is 19.1. The number of aromatic hydroxyl groups is 1. The Morgan fingerprint density at radius 1 is 1.29 bits per heavy atom. The van der Waals surface area contributed by atoms with Gasteiger partial charge in [-0.1, -0.05) is 12.1 Å². The lowest BCUT2D eigenvalue weighted by Gasteiger charge is -2.13. The molecule has 1 N–H and O–H groups in total. The van der Waals surface area contributed by atoms with E-state index in [-0.39, 0.29) is 11.4 Å². The molecule has 0 atom stereocenters. The molecule has 5 heteroatoms. The Hall–Kier alpha value is -2.58. The first-order valence-electron chi connectivity index (χ1n) is 6.54. The molecule has 0 spiro atoms. The summed E-state index contributed by atoms with van der Waals surface area (Å²) in [4.78, 5) is 14.3. The molecule has 0 amide bonds. The minimum atomic E-state index is -0.504. The number of pyridine rings is 1. The van der Waals surface area contributed by atoms with Crippen LogP contribution in [0, 0.1) is 18.3 Å². The highest BCUT2D eigenvalue weighted by Gasteiger charge is 2.13. The van der Waals surface area contributed by atoms with Crippen LogP contribution in [-0.2, 0) is 6.54 Å². The van der Waals surface area contributed by atoms with Gasteiger partial charge in [0.1, 0.15) is 11.6 Å². The van der Waals surface area contributed by atoms with Gasteiger partial charge < -0.3 is 10.0 Å². The highest BCUT2D eigenvalue weighted by atomic mass is 16.3. The predicted molar refractivity (Wildman–Crippen MR) is 80.5 cm³/mol. The van der Waals surface area contributed by atoms with Gasteiger partial charge in [0.2, 0.25) is 0 Å². The third-order valence-corrected chi connectivity index (χ3v) is 3.19. The van der Waals surface area contributed by atoms with Crippen molar-refractivity contribution in [1.82, 2.24) is 9.47 Å². The highest BCUT2D eigenvalue weighted by Crippen LogP contribution is 2.18. The Kier molecular flexibility index (Phi) is 4.10. The van der Waals surface area contributed by atoms with Crippen molar-refractivity contribution in [3.8, 4) is 17.6 Å². The quantitative estimate of drug-likeness (QED) is 0.932.